The third-order valence-electron chi connectivity index (χ3n) is 3.32. The van der Waals surface area contributed by atoms with Gasteiger partial charge < -0.3 is 10.2 Å². The molecular weight excluding hydrogens is 308 g/mol. The molecule has 0 spiro atoms. The van der Waals surface area contributed by atoms with Gasteiger partial charge in [0.25, 0.3) is 0 Å². The maximum absolute atomic E-state index is 12.1. The molecule has 1 fully saturated rings. The third-order valence-corrected chi connectivity index (χ3v) is 3.81. The van der Waals surface area contributed by atoms with Crippen molar-refractivity contribution in [3.05, 3.63) is 34.3 Å². The number of benzene rings is 1. The van der Waals surface area contributed by atoms with Crippen LogP contribution in [0.1, 0.15) is 25.3 Å². The summed E-state index contributed by atoms with van der Waals surface area (Å²) in [6, 6.07) is 7.51. The average molecular weight is 325 g/mol. The lowest BCUT2D eigenvalue weighted by molar-refractivity contribution is -0.136. The van der Waals surface area contributed by atoms with E-state index in [-0.39, 0.29) is 17.9 Å². The van der Waals surface area contributed by atoms with Crippen LogP contribution in [-0.2, 0) is 16.1 Å². The van der Waals surface area contributed by atoms with Crippen molar-refractivity contribution in [3.8, 4) is 0 Å². The van der Waals surface area contributed by atoms with E-state index < -0.39 is 0 Å². The van der Waals surface area contributed by atoms with Crippen molar-refractivity contribution in [2.75, 3.05) is 6.54 Å². The average Bonchev–Trinajstić information content (AvgIpc) is 2.85. The standard InChI is InChI=1S/C14H17BrN2O2/c1-10(18)17-7-3-6-13(17)14(19)16-9-11-4-2-5-12(15)8-11/h2,4-5,8,13H,3,6-7,9H2,1H3,(H,16,19). The van der Waals surface area contributed by atoms with Gasteiger partial charge in [0.05, 0.1) is 0 Å². The van der Waals surface area contributed by atoms with Gasteiger partial charge >= 0.3 is 0 Å². The van der Waals surface area contributed by atoms with Crippen molar-refractivity contribution >= 4 is 27.7 Å². The number of amides is 2. The molecule has 0 aliphatic carbocycles. The van der Waals surface area contributed by atoms with Gasteiger partial charge in [-0.1, -0.05) is 28.1 Å². The van der Waals surface area contributed by atoms with Gasteiger partial charge in [-0.15, -0.1) is 0 Å². The van der Waals surface area contributed by atoms with Crippen LogP contribution in [-0.4, -0.2) is 29.3 Å². The van der Waals surface area contributed by atoms with E-state index >= 15 is 0 Å². The van der Waals surface area contributed by atoms with Gasteiger partial charge in [0.15, 0.2) is 0 Å². The zero-order valence-corrected chi connectivity index (χ0v) is 12.4. The lowest BCUT2D eigenvalue weighted by Gasteiger charge is -2.22. The number of rotatable bonds is 3. The molecule has 1 aliphatic heterocycles. The number of likely N-dealkylation sites (tertiary alicyclic amines) is 1. The van der Waals surface area contributed by atoms with Gasteiger partial charge in [0.1, 0.15) is 6.04 Å². The van der Waals surface area contributed by atoms with E-state index in [9.17, 15) is 9.59 Å². The number of nitrogens with one attached hydrogen (secondary N) is 1. The van der Waals surface area contributed by atoms with E-state index in [1.165, 1.54) is 6.92 Å². The first-order valence-electron chi connectivity index (χ1n) is 6.37. The van der Waals surface area contributed by atoms with Gasteiger partial charge in [0.2, 0.25) is 11.8 Å². The molecule has 2 amide bonds. The van der Waals surface area contributed by atoms with E-state index in [4.69, 9.17) is 0 Å². The van der Waals surface area contributed by atoms with Crippen molar-refractivity contribution in [3.63, 3.8) is 0 Å². The predicted molar refractivity (Wildman–Crippen MR) is 76.4 cm³/mol. The van der Waals surface area contributed by atoms with E-state index in [2.05, 4.69) is 21.2 Å². The minimum Gasteiger partial charge on any atom is -0.350 e. The molecule has 5 heteroatoms. The normalized spacial score (nSPS) is 18.4. The summed E-state index contributed by atoms with van der Waals surface area (Å²) in [5.41, 5.74) is 1.04. The molecule has 0 radical (unpaired) electrons. The molecule has 1 saturated heterocycles. The second kappa shape index (κ2) is 6.19. The highest BCUT2D eigenvalue weighted by Crippen LogP contribution is 2.17. The fraction of sp³-hybridized carbons (Fsp3) is 0.429. The molecule has 1 N–H and O–H groups in total. The molecule has 1 heterocycles. The molecule has 2 rings (SSSR count). The van der Waals surface area contributed by atoms with Crippen LogP contribution >= 0.6 is 15.9 Å². The van der Waals surface area contributed by atoms with Crippen LogP contribution in [0.4, 0.5) is 0 Å². The highest BCUT2D eigenvalue weighted by molar-refractivity contribution is 9.10. The highest BCUT2D eigenvalue weighted by Gasteiger charge is 2.31. The Kier molecular flexibility index (Phi) is 4.58. The predicted octanol–water partition coefficient (Wildman–Crippen LogP) is 2.08. The lowest BCUT2D eigenvalue weighted by Crippen LogP contribution is -2.44. The third kappa shape index (κ3) is 3.56. The van der Waals surface area contributed by atoms with Crippen LogP contribution in [0.3, 0.4) is 0 Å². The van der Waals surface area contributed by atoms with E-state index in [1.807, 2.05) is 24.3 Å². The van der Waals surface area contributed by atoms with Crippen molar-refractivity contribution in [2.24, 2.45) is 0 Å². The maximum Gasteiger partial charge on any atom is 0.243 e. The van der Waals surface area contributed by atoms with Crippen LogP contribution in [0, 0.1) is 0 Å². The zero-order chi connectivity index (χ0) is 13.8. The van der Waals surface area contributed by atoms with Crippen molar-refractivity contribution in [2.45, 2.75) is 32.4 Å². The summed E-state index contributed by atoms with van der Waals surface area (Å²) in [4.78, 5) is 25.2. The number of hydrogen-bond donors (Lipinski definition) is 1. The smallest absolute Gasteiger partial charge is 0.243 e. The monoisotopic (exact) mass is 324 g/mol. The number of halogens is 1. The second-order valence-corrected chi connectivity index (χ2v) is 5.63. The van der Waals surface area contributed by atoms with Crippen LogP contribution in [0.5, 0.6) is 0 Å². The van der Waals surface area contributed by atoms with Crippen LogP contribution < -0.4 is 5.32 Å². The molecule has 0 saturated carbocycles. The number of carbonyl (C=O) groups excluding carboxylic acids is 2. The van der Waals surface area contributed by atoms with Crippen LogP contribution in [0.25, 0.3) is 0 Å². The number of hydrogen-bond acceptors (Lipinski definition) is 2. The van der Waals surface area contributed by atoms with Crippen molar-refractivity contribution in [1.82, 2.24) is 10.2 Å². The van der Waals surface area contributed by atoms with Gasteiger partial charge in [-0.25, -0.2) is 0 Å². The molecule has 0 bridgehead atoms. The Morgan fingerprint density at radius 1 is 1.47 bits per heavy atom. The first kappa shape index (κ1) is 14.1. The van der Waals surface area contributed by atoms with Gasteiger partial charge in [0, 0.05) is 24.5 Å². The molecule has 4 nitrogen and oxygen atoms in total. The Balaban J connectivity index is 1.92. The first-order chi connectivity index (χ1) is 9.08. The van der Waals surface area contributed by atoms with Crippen LogP contribution in [0.15, 0.2) is 28.7 Å². The molecular formula is C14H17BrN2O2. The molecule has 1 aromatic carbocycles. The summed E-state index contributed by atoms with van der Waals surface area (Å²) in [6.45, 7) is 2.69. The molecule has 1 aliphatic rings. The Morgan fingerprint density at radius 3 is 2.95 bits per heavy atom. The molecule has 102 valence electrons. The molecule has 1 unspecified atom stereocenters. The lowest BCUT2D eigenvalue weighted by atomic mass is 10.2. The Hall–Kier alpha value is -1.36. The minimum absolute atomic E-state index is 0.0277. The summed E-state index contributed by atoms with van der Waals surface area (Å²) >= 11 is 3.40. The largest absolute Gasteiger partial charge is 0.350 e. The summed E-state index contributed by atoms with van der Waals surface area (Å²) in [6.07, 6.45) is 1.65. The topological polar surface area (TPSA) is 49.4 Å². The van der Waals surface area contributed by atoms with E-state index in [1.54, 1.807) is 4.90 Å². The molecule has 0 aromatic heterocycles. The molecule has 19 heavy (non-hydrogen) atoms. The fourth-order valence-corrected chi connectivity index (χ4v) is 2.82. The number of carbonyl (C=O) groups is 2. The fourth-order valence-electron chi connectivity index (χ4n) is 2.37. The number of nitrogens with zero attached hydrogens (tertiary/aromatic N) is 1. The second-order valence-electron chi connectivity index (χ2n) is 4.72. The summed E-state index contributed by atoms with van der Waals surface area (Å²) in [5.74, 6) is -0.0900. The summed E-state index contributed by atoms with van der Waals surface area (Å²) in [7, 11) is 0. The van der Waals surface area contributed by atoms with E-state index in [0.29, 0.717) is 13.1 Å². The van der Waals surface area contributed by atoms with Gasteiger partial charge in [-0.2, -0.15) is 0 Å². The summed E-state index contributed by atoms with van der Waals surface area (Å²) in [5, 5.41) is 2.90. The van der Waals surface area contributed by atoms with Gasteiger partial charge in [-0.05, 0) is 30.5 Å². The SMILES string of the molecule is CC(=O)N1CCCC1C(=O)NCc1cccc(Br)c1. The first-order valence-corrected chi connectivity index (χ1v) is 7.16. The van der Waals surface area contributed by atoms with Crippen molar-refractivity contribution in [1.29, 1.82) is 0 Å². The maximum atomic E-state index is 12.1. The highest BCUT2D eigenvalue weighted by atomic mass is 79.9. The summed E-state index contributed by atoms with van der Waals surface area (Å²) < 4.78 is 0.991. The molecule has 1 atom stereocenters. The quantitative estimate of drug-likeness (QED) is 0.925. The van der Waals surface area contributed by atoms with Crippen molar-refractivity contribution < 1.29 is 9.59 Å². The minimum atomic E-state index is -0.301. The van der Waals surface area contributed by atoms with E-state index in [0.717, 1.165) is 22.9 Å². The molecule has 1 aromatic rings. The Morgan fingerprint density at radius 2 is 2.26 bits per heavy atom. The van der Waals surface area contributed by atoms with Crippen LogP contribution in [0.2, 0.25) is 0 Å². The zero-order valence-electron chi connectivity index (χ0n) is 10.9. The Bertz CT molecular complexity index is 490. The van der Waals surface area contributed by atoms with Gasteiger partial charge in [-0.3, -0.25) is 9.59 Å². The Labute approximate surface area is 121 Å².